The van der Waals surface area contributed by atoms with Gasteiger partial charge in [-0.1, -0.05) is 37.3 Å². The van der Waals surface area contributed by atoms with Gasteiger partial charge >= 0.3 is 0 Å². The molecule has 1 aliphatic rings. The molecule has 0 saturated carbocycles. The van der Waals surface area contributed by atoms with Crippen molar-refractivity contribution in [2.75, 3.05) is 39.9 Å². The lowest BCUT2D eigenvalue weighted by atomic mass is 9.95. The third-order valence-electron chi connectivity index (χ3n) is 4.17. The number of likely N-dealkylation sites (tertiary alicyclic amines) is 1. The minimum atomic E-state index is 0.482. The molecule has 1 aromatic carbocycles. The molecule has 1 N–H and O–H groups in total. The SMILES string of the molecule is CCNCC(c1ccccc1)N1CCCC(COC)C1. The average molecular weight is 276 g/mol. The summed E-state index contributed by atoms with van der Waals surface area (Å²) in [5.74, 6) is 0.682. The lowest BCUT2D eigenvalue weighted by Gasteiger charge is -2.38. The first kappa shape index (κ1) is 15.5. The van der Waals surface area contributed by atoms with Crippen molar-refractivity contribution in [1.29, 1.82) is 0 Å². The minimum absolute atomic E-state index is 0.482. The molecule has 0 amide bonds. The number of hydrogen-bond donors (Lipinski definition) is 1. The lowest BCUT2D eigenvalue weighted by Crippen LogP contribution is -2.43. The zero-order chi connectivity index (χ0) is 14.2. The van der Waals surface area contributed by atoms with E-state index in [1.54, 1.807) is 0 Å². The summed E-state index contributed by atoms with van der Waals surface area (Å²) in [6.45, 7) is 7.47. The fraction of sp³-hybridized carbons (Fsp3) is 0.647. The summed E-state index contributed by atoms with van der Waals surface area (Å²) >= 11 is 0. The van der Waals surface area contributed by atoms with Crippen molar-refractivity contribution >= 4 is 0 Å². The molecule has 1 heterocycles. The Hall–Kier alpha value is -0.900. The van der Waals surface area contributed by atoms with Gasteiger partial charge in [0.25, 0.3) is 0 Å². The summed E-state index contributed by atoms with van der Waals surface area (Å²) in [5.41, 5.74) is 1.42. The molecule has 2 atom stereocenters. The van der Waals surface area contributed by atoms with Gasteiger partial charge in [-0.05, 0) is 37.4 Å². The molecule has 3 nitrogen and oxygen atoms in total. The van der Waals surface area contributed by atoms with E-state index in [0.29, 0.717) is 12.0 Å². The molecule has 112 valence electrons. The first-order valence-electron chi connectivity index (χ1n) is 7.83. The highest BCUT2D eigenvalue weighted by molar-refractivity contribution is 5.19. The van der Waals surface area contributed by atoms with E-state index in [4.69, 9.17) is 4.74 Å². The highest BCUT2D eigenvalue weighted by Gasteiger charge is 2.26. The van der Waals surface area contributed by atoms with Gasteiger partial charge in [-0.2, -0.15) is 0 Å². The second kappa shape index (κ2) is 8.40. The largest absolute Gasteiger partial charge is 0.384 e. The molecule has 0 aliphatic carbocycles. The third kappa shape index (κ3) is 4.30. The summed E-state index contributed by atoms with van der Waals surface area (Å²) in [6, 6.07) is 11.4. The molecular weight excluding hydrogens is 248 g/mol. The van der Waals surface area contributed by atoms with Crippen LogP contribution in [0.4, 0.5) is 0 Å². The molecule has 3 heteroatoms. The molecule has 0 radical (unpaired) electrons. The number of ether oxygens (including phenoxy) is 1. The Morgan fingerprint density at radius 2 is 2.15 bits per heavy atom. The van der Waals surface area contributed by atoms with E-state index < -0.39 is 0 Å². The number of rotatable bonds is 7. The first-order chi connectivity index (χ1) is 9.85. The number of piperidine rings is 1. The molecule has 20 heavy (non-hydrogen) atoms. The smallest absolute Gasteiger partial charge is 0.0502 e. The van der Waals surface area contributed by atoms with Crippen LogP contribution in [-0.2, 0) is 4.74 Å². The van der Waals surface area contributed by atoms with Crippen molar-refractivity contribution in [3.8, 4) is 0 Å². The van der Waals surface area contributed by atoms with Gasteiger partial charge < -0.3 is 10.1 Å². The van der Waals surface area contributed by atoms with Crippen molar-refractivity contribution in [1.82, 2.24) is 10.2 Å². The van der Waals surface area contributed by atoms with Crippen LogP contribution < -0.4 is 5.32 Å². The second-order valence-electron chi connectivity index (χ2n) is 5.69. The van der Waals surface area contributed by atoms with Crippen molar-refractivity contribution in [3.63, 3.8) is 0 Å². The standard InChI is InChI=1S/C17H28N2O/c1-3-18-12-17(16-9-5-4-6-10-16)19-11-7-8-15(13-19)14-20-2/h4-6,9-10,15,17-18H,3,7-8,11-14H2,1-2H3. The first-order valence-corrected chi connectivity index (χ1v) is 7.83. The van der Waals surface area contributed by atoms with Gasteiger partial charge in [-0.3, -0.25) is 4.90 Å². The predicted octanol–water partition coefficient (Wildman–Crippen LogP) is 2.70. The number of nitrogens with one attached hydrogen (secondary N) is 1. The summed E-state index contributed by atoms with van der Waals surface area (Å²) in [7, 11) is 1.81. The van der Waals surface area contributed by atoms with Crippen LogP contribution in [0.25, 0.3) is 0 Å². The molecule has 2 unspecified atom stereocenters. The van der Waals surface area contributed by atoms with E-state index in [2.05, 4.69) is 47.5 Å². The van der Waals surface area contributed by atoms with Crippen LogP contribution in [0.1, 0.15) is 31.4 Å². The minimum Gasteiger partial charge on any atom is -0.384 e. The van der Waals surface area contributed by atoms with Gasteiger partial charge in [-0.25, -0.2) is 0 Å². The number of benzene rings is 1. The van der Waals surface area contributed by atoms with Crippen LogP contribution in [-0.4, -0.2) is 44.8 Å². The molecule has 1 fully saturated rings. The predicted molar refractivity (Wildman–Crippen MR) is 83.9 cm³/mol. The Kier molecular flexibility index (Phi) is 6.51. The molecule has 2 rings (SSSR count). The van der Waals surface area contributed by atoms with E-state index in [0.717, 1.165) is 26.2 Å². The van der Waals surface area contributed by atoms with E-state index in [1.807, 2.05) is 7.11 Å². The maximum Gasteiger partial charge on any atom is 0.0502 e. The van der Waals surface area contributed by atoms with Gasteiger partial charge in [0.15, 0.2) is 0 Å². The molecule has 0 spiro atoms. The Morgan fingerprint density at radius 1 is 1.35 bits per heavy atom. The summed E-state index contributed by atoms with van der Waals surface area (Å²) < 4.78 is 5.35. The molecule has 1 aromatic rings. The highest BCUT2D eigenvalue weighted by atomic mass is 16.5. The average Bonchev–Trinajstić information content (AvgIpc) is 2.50. The highest BCUT2D eigenvalue weighted by Crippen LogP contribution is 2.26. The topological polar surface area (TPSA) is 24.5 Å². The fourth-order valence-electron chi connectivity index (χ4n) is 3.17. The number of likely N-dealkylation sites (N-methyl/N-ethyl adjacent to an activating group) is 1. The summed E-state index contributed by atoms with van der Waals surface area (Å²) in [5, 5.41) is 3.52. The van der Waals surface area contributed by atoms with Crippen LogP contribution in [0.2, 0.25) is 0 Å². The maximum atomic E-state index is 5.35. The van der Waals surface area contributed by atoms with E-state index in [-0.39, 0.29) is 0 Å². The van der Waals surface area contributed by atoms with E-state index in [9.17, 15) is 0 Å². The monoisotopic (exact) mass is 276 g/mol. The van der Waals surface area contributed by atoms with Crippen molar-refractivity contribution < 1.29 is 4.74 Å². The van der Waals surface area contributed by atoms with E-state index in [1.165, 1.54) is 24.9 Å². The van der Waals surface area contributed by atoms with Crippen LogP contribution in [0.15, 0.2) is 30.3 Å². The fourth-order valence-corrected chi connectivity index (χ4v) is 3.17. The van der Waals surface area contributed by atoms with Crippen molar-refractivity contribution in [2.45, 2.75) is 25.8 Å². The Bertz CT molecular complexity index is 367. The molecule has 1 aliphatic heterocycles. The summed E-state index contributed by atoms with van der Waals surface area (Å²) in [4.78, 5) is 2.63. The van der Waals surface area contributed by atoms with Crippen molar-refractivity contribution in [2.24, 2.45) is 5.92 Å². The van der Waals surface area contributed by atoms with Gasteiger partial charge in [0, 0.05) is 26.2 Å². The zero-order valence-electron chi connectivity index (χ0n) is 12.8. The third-order valence-corrected chi connectivity index (χ3v) is 4.17. The number of nitrogens with zero attached hydrogens (tertiary/aromatic N) is 1. The van der Waals surface area contributed by atoms with Gasteiger partial charge in [-0.15, -0.1) is 0 Å². The van der Waals surface area contributed by atoms with Crippen LogP contribution in [0, 0.1) is 5.92 Å². The quantitative estimate of drug-likeness (QED) is 0.828. The van der Waals surface area contributed by atoms with Crippen LogP contribution in [0.3, 0.4) is 0 Å². The van der Waals surface area contributed by atoms with Gasteiger partial charge in [0.05, 0.1) is 6.61 Å². The zero-order valence-corrected chi connectivity index (χ0v) is 12.8. The molecular formula is C17H28N2O. The molecule has 0 bridgehead atoms. The normalized spacial score (nSPS) is 21.8. The summed E-state index contributed by atoms with van der Waals surface area (Å²) in [6.07, 6.45) is 2.58. The van der Waals surface area contributed by atoms with Gasteiger partial charge in [0.2, 0.25) is 0 Å². The number of methoxy groups -OCH3 is 1. The lowest BCUT2D eigenvalue weighted by molar-refractivity contribution is 0.0676. The number of hydrogen-bond acceptors (Lipinski definition) is 3. The van der Waals surface area contributed by atoms with E-state index >= 15 is 0 Å². The van der Waals surface area contributed by atoms with Crippen LogP contribution >= 0.6 is 0 Å². The second-order valence-corrected chi connectivity index (χ2v) is 5.69. The Morgan fingerprint density at radius 3 is 2.85 bits per heavy atom. The van der Waals surface area contributed by atoms with Crippen LogP contribution in [0.5, 0.6) is 0 Å². The Labute approximate surface area is 123 Å². The Balaban J connectivity index is 2.05. The van der Waals surface area contributed by atoms with Gasteiger partial charge in [0.1, 0.15) is 0 Å². The maximum absolute atomic E-state index is 5.35. The molecule has 0 aromatic heterocycles. The molecule has 1 saturated heterocycles. The van der Waals surface area contributed by atoms with Crippen molar-refractivity contribution in [3.05, 3.63) is 35.9 Å².